The highest BCUT2D eigenvalue weighted by Crippen LogP contribution is 2.24. The van der Waals surface area contributed by atoms with Gasteiger partial charge in [-0.25, -0.2) is 0 Å². The first-order valence-electron chi connectivity index (χ1n) is 5.03. The monoisotopic (exact) mass is 275 g/mol. The van der Waals surface area contributed by atoms with E-state index in [0.29, 0.717) is 0 Å². The molecule has 0 radical (unpaired) electrons. The van der Waals surface area contributed by atoms with Gasteiger partial charge < -0.3 is 4.90 Å². The van der Waals surface area contributed by atoms with Crippen LogP contribution in [0.5, 0.6) is 0 Å². The van der Waals surface area contributed by atoms with Gasteiger partial charge >= 0.3 is 0 Å². The van der Waals surface area contributed by atoms with Gasteiger partial charge in [-0.3, -0.25) is 0 Å². The summed E-state index contributed by atoms with van der Waals surface area (Å²) in [5.41, 5.74) is 0. The van der Waals surface area contributed by atoms with Crippen LogP contribution in [-0.4, -0.2) is 18.5 Å². The summed E-state index contributed by atoms with van der Waals surface area (Å²) >= 11 is 5.39. The zero-order chi connectivity index (χ0) is 10.6. The van der Waals surface area contributed by atoms with Crippen LogP contribution in [0.2, 0.25) is 0 Å². The number of rotatable bonds is 5. The standard InChI is InChI=1S/C11H18BrNS/c1-4-9(2)7-13(3)8-11-10(12)5-6-14-11/h5-6,9H,4,7-8H2,1-3H3. The molecule has 1 nitrogen and oxygen atoms in total. The second-order valence-corrected chi connectivity index (χ2v) is 5.76. The lowest BCUT2D eigenvalue weighted by Gasteiger charge is -2.19. The van der Waals surface area contributed by atoms with Gasteiger partial charge in [-0.1, -0.05) is 20.3 Å². The first kappa shape index (κ1) is 12.2. The predicted octanol–water partition coefficient (Wildman–Crippen LogP) is 3.99. The molecule has 3 heteroatoms. The summed E-state index contributed by atoms with van der Waals surface area (Å²) in [5.74, 6) is 0.790. The largest absolute Gasteiger partial charge is 0.301 e. The molecule has 0 spiro atoms. The lowest BCUT2D eigenvalue weighted by Crippen LogP contribution is -2.23. The Hall–Kier alpha value is 0.140. The summed E-state index contributed by atoms with van der Waals surface area (Å²) in [4.78, 5) is 3.82. The summed E-state index contributed by atoms with van der Waals surface area (Å²) in [6.45, 7) is 6.79. The van der Waals surface area contributed by atoms with Gasteiger partial charge in [-0.15, -0.1) is 11.3 Å². The van der Waals surface area contributed by atoms with Crippen LogP contribution >= 0.6 is 27.3 Å². The quantitative estimate of drug-likeness (QED) is 0.786. The number of thiophene rings is 1. The van der Waals surface area contributed by atoms with E-state index >= 15 is 0 Å². The molecular weight excluding hydrogens is 258 g/mol. The third-order valence-corrected chi connectivity index (χ3v) is 4.34. The molecule has 0 saturated carbocycles. The first-order valence-corrected chi connectivity index (χ1v) is 6.71. The Kier molecular flexibility index (Phi) is 5.13. The van der Waals surface area contributed by atoms with Crippen molar-refractivity contribution in [1.82, 2.24) is 4.90 Å². The molecule has 1 unspecified atom stereocenters. The van der Waals surface area contributed by atoms with Crippen LogP contribution in [0.1, 0.15) is 25.1 Å². The van der Waals surface area contributed by atoms with Crippen LogP contribution in [-0.2, 0) is 6.54 Å². The first-order chi connectivity index (χ1) is 6.63. The van der Waals surface area contributed by atoms with E-state index in [9.17, 15) is 0 Å². The van der Waals surface area contributed by atoms with Gasteiger partial charge in [0.15, 0.2) is 0 Å². The van der Waals surface area contributed by atoms with E-state index in [4.69, 9.17) is 0 Å². The summed E-state index contributed by atoms with van der Waals surface area (Å²) in [6.07, 6.45) is 1.26. The number of hydrogen-bond donors (Lipinski definition) is 0. The third kappa shape index (κ3) is 3.71. The molecule has 0 aliphatic heterocycles. The Morgan fingerprint density at radius 1 is 1.57 bits per heavy atom. The summed E-state index contributed by atoms with van der Waals surface area (Å²) in [6, 6.07) is 2.12. The molecule has 80 valence electrons. The van der Waals surface area contributed by atoms with Crippen molar-refractivity contribution in [2.24, 2.45) is 5.92 Å². The molecule has 1 aromatic heterocycles. The van der Waals surface area contributed by atoms with E-state index in [0.717, 1.165) is 12.5 Å². The van der Waals surface area contributed by atoms with E-state index in [2.05, 4.69) is 53.2 Å². The molecular formula is C11H18BrNS. The number of nitrogens with zero attached hydrogens (tertiary/aromatic N) is 1. The minimum Gasteiger partial charge on any atom is -0.301 e. The van der Waals surface area contributed by atoms with E-state index in [1.54, 1.807) is 0 Å². The van der Waals surface area contributed by atoms with Crippen LogP contribution < -0.4 is 0 Å². The van der Waals surface area contributed by atoms with Gasteiger partial charge in [0.2, 0.25) is 0 Å². The molecule has 0 aliphatic carbocycles. The topological polar surface area (TPSA) is 3.24 Å². The van der Waals surface area contributed by atoms with Crippen molar-refractivity contribution >= 4 is 27.3 Å². The minimum atomic E-state index is 0.790. The van der Waals surface area contributed by atoms with Crippen LogP contribution in [0.25, 0.3) is 0 Å². The Morgan fingerprint density at radius 2 is 2.29 bits per heavy atom. The van der Waals surface area contributed by atoms with Gasteiger partial charge in [0, 0.05) is 22.4 Å². The third-order valence-electron chi connectivity index (χ3n) is 2.42. The van der Waals surface area contributed by atoms with Crippen molar-refractivity contribution in [2.45, 2.75) is 26.8 Å². The molecule has 14 heavy (non-hydrogen) atoms. The van der Waals surface area contributed by atoms with Crippen molar-refractivity contribution in [3.8, 4) is 0 Å². The summed E-state index contributed by atoms with van der Waals surface area (Å²) < 4.78 is 1.25. The molecule has 0 aromatic carbocycles. The zero-order valence-corrected chi connectivity index (χ0v) is 11.5. The van der Waals surface area contributed by atoms with Crippen LogP contribution in [0.3, 0.4) is 0 Å². The average molecular weight is 276 g/mol. The maximum Gasteiger partial charge on any atom is 0.0336 e. The molecule has 1 heterocycles. The summed E-state index contributed by atoms with van der Waals surface area (Å²) in [5, 5.41) is 2.14. The van der Waals surface area contributed by atoms with E-state index < -0.39 is 0 Å². The highest BCUT2D eigenvalue weighted by molar-refractivity contribution is 9.10. The molecule has 1 rings (SSSR count). The van der Waals surface area contributed by atoms with E-state index in [1.165, 1.54) is 22.3 Å². The van der Waals surface area contributed by atoms with Crippen LogP contribution in [0, 0.1) is 5.92 Å². The highest BCUT2D eigenvalue weighted by Gasteiger charge is 2.07. The molecule has 0 N–H and O–H groups in total. The van der Waals surface area contributed by atoms with Crippen molar-refractivity contribution in [1.29, 1.82) is 0 Å². The van der Waals surface area contributed by atoms with Gasteiger partial charge in [0.05, 0.1) is 0 Å². The van der Waals surface area contributed by atoms with E-state index in [-0.39, 0.29) is 0 Å². The lowest BCUT2D eigenvalue weighted by molar-refractivity contribution is 0.277. The van der Waals surface area contributed by atoms with Gasteiger partial charge in [-0.2, -0.15) is 0 Å². The van der Waals surface area contributed by atoms with Gasteiger partial charge in [0.1, 0.15) is 0 Å². The molecule has 0 bridgehead atoms. The fourth-order valence-corrected chi connectivity index (χ4v) is 2.97. The molecule has 1 atom stereocenters. The predicted molar refractivity (Wildman–Crippen MR) is 67.8 cm³/mol. The zero-order valence-electron chi connectivity index (χ0n) is 9.09. The van der Waals surface area contributed by atoms with Gasteiger partial charge in [0.25, 0.3) is 0 Å². The SMILES string of the molecule is CCC(C)CN(C)Cc1sccc1Br. The lowest BCUT2D eigenvalue weighted by atomic mass is 10.1. The van der Waals surface area contributed by atoms with Crippen molar-refractivity contribution < 1.29 is 0 Å². The molecule has 1 aromatic rings. The average Bonchev–Trinajstić information content (AvgIpc) is 2.51. The Morgan fingerprint density at radius 3 is 2.79 bits per heavy atom. The Balaban J connectivity index is 2.41. The van der Waals surface area contributed by atoms with Crippen LogP contribution in [0.15, 0.2) is 15.9 Å². The highest BCUT2D eigenvalue weighted by atomic mass is 79.9. The Bertz CT molecular complexity index is 272. The maximum atomic E-state index is 3.56. The van der Waals surface area contributed by atoms with E-state index in [1.807, 2.05) is 11.3 Å². The second kappa shape index (κ2) is 5.89. The second-order valence-electron chi connectivity index (χ2n) is 3.90. The number of halogens is 1. The molecule has 0 fully saturated rings. The van der Waals surface area contributed by atoms with Crippen molar-refractivity contribution in [3.63, 3.8) is 0 Å². The molecule has 0 amide bonds. The van der Waals surface area contributed by atoms with Crippen molar-refractivity contribution in [3.05, 3.63) is 20.8 Å². The smallest absolute Gasteiger partial charge is 0.0336 e. The van der Waals surface area contributed by atoms with Crippen LogP contribution in [0.4, 0.5) is 0 Å². The fourth-order valence-electron chi connectivity index (χ4n) is 1.41. The normalized spacial score (nSPS) is 13.5. The summed E-state index contributed by atoms with van der Waals surface area (Å²) in [7, 11) is 2.19. The fraction of sp³-hybridized carbons (Fsp3) is 0.636. The Labute approximate surface area is 99.3 Å². The minimum absolute atomic E-state index is 0.790. The van der Waals surface area contributed by atoms with Gasteiger partial charge in [-0.05, 0) is 40.3 Å². The van der Waals surface area contributed by atoms with Crippen molar-refractivity contribution in [2.75, 3.05) is 13.6 Å². The number of hydrogen-bond acceptors (Lipinski definition) is 2. The molecule has 0 saturated heterocycles. The maximum absolute atomic E-state index is 3.56. The molecule has 0 aliphatic rings.